The van der Waals surface area contributed by atoms with E-state index in [4.69, 9.17) is 4.74 Å². The number of hydrogen-bond donors (Lipinski definition) is 0. The van der Waals surface area contributed by atoms with Gasteiger partial charge in [-0.2, -0.15) is 0 Å². The van der Waals surface area contributed by atoms with Crippen LogP contribution in [0.1, 0.15) is 31.7 Å². The van der Waals surface area contributed by atoms with Gasteiger partial charge in [0.1, 0.15) is 5.75 Å². The largest absolute Gasteiger partial charge is 0.497 e. The normalized spacial score (nSPS) is 19.3. The summed E-state index contributed by atoms with van der Waals surface area (Å²) in [5, 5.41) is 0. The first kappa shape index (κ1) is 13.9. The standard InChI is InChI=1S/C16H23NO2/c1-13(18)17-10-4-6-15(12-17)9-8-14-5-3-7-16(11-14)19-2/h3,5,7,11,15H,4,6,8-10,12H2,1-2H3/t15-/m1/s1. The van der Waals surface area contributed by atoms with Crippen molar-refractivity contribution in [3.63, 3.8) is 0 Å². The molecule has 0 radical (unpaired) electrons. The summed E-state index contributed by atoms with van der Waals surface area (Å²) in [6.45, 7) is 3.54. The van der Waals surface area contributed by atoms with E-state index in [1.165, 1.54) is 12.0 Å². The second-order valence-corrected chi connectivity index (χ2v) is 5.36. The number of benzene rings is 1. The smallest absolute Gasteiger partial charge is 0.219 e. The van der Waals surface area contributed by atoms with Crippen molar-refractivity contribution in [3.8, 4) is 5.75 Å². The highest BCUT2D eigenvalue weighted by molar-refractivity contribution is 5.73. The Labute approximate surface area is 115 Å². The average molecular weight is 261 g/mol. The van der Waals surface area contributed by atoms with Crippen molar-refractivity contribution < 1.29 is 9.53 Å². The van der Waals surface area contributed by atoms with E-state index in [2.05, 4.69) is 12.1 Å². The molecule has 0 N–H and O–H groups in total. The Hall–Kier alpha value is -1.51. The first-order valence-corrected chi connectivity index (χ1v) is 7.07. The molecule has 3 nitrogen and oxygen atoms in total. The number of aryl methyl sites for hydroxylation is 1. The Morgan fingerprint density at radius 1 is 1.47 bits per heavy atom. The third-order valence-corrected chi connectivity index (χ3v) is 3.94. The summed E-state index contributed by atoms with van der Waals surface area (Å²) < 4.78 is 5.24. The molecule has 0 bridgehead atoms. The van der Waals surface area contributed by atoms with Crippen molar-refractivity contribution in [1.82, 2.24) is 4.90 Å². The van der Waals surface area contributed by atoms with Crippen LogP contribution in [0, 0.1) is 5.92 Å². The number of nitrogens with zero attached hydrogens (tertiary/aromatic N) is 1. The van der Waals surface area contributed by atoms with Crippen molar-refractivity contribution in [3.05, 3.63) is 29.8 Å². The monoisotopic (exact) mass is 261 g/mol. The molecule has 0 spiro atoms. The van der Waals surface area contributed by atoms with E-state index in [1.807, 2.05) is 17.0 Å². The van der Waals surface area contributed by atoms with E-state index in [9.17, 15) is 4.79 Å². The van der Waals surface area contributed by atoms with E-state index >= 15 is 0 Å². The molecule has 1 aromatic carbocycles. The maximum absolute atomic E-state index is 11.4. The molecule has 1 aromatic rings. The summed E-state index contributed by atoms with van der Waals surface area (Å²) in [6.07, 6.45) is 4.60. The lowest BCUT2D eigenvalue weighted by molar-refractivity contribution is -0.130. The van der Waals surface area contributed by atoms with Gasteiger partial charge in [0.2, 0.25) is 5.91 Å². The fourth-order valence-electron chi connectivity index (χ4n) is 2.79. The molecule has 1 heterocycles. The Morgan fingerprint density at radius 3 is 3.05 bits per heavy atom. The molecular weight excluding hydrogens is 238 g/mol. The van der Waals surface area contributed by atoms with Crippen molar-refractivity contribution in [2.75, 3.05) is 20.2 Å². The van der Waals surface area contributed by atoms with Gasteiger partial charge in [-0.25, -0.2) is 0 Å². The molecule has 1 amide bonds. The van der Waals surface area contributed by atoms with Gasteiger partial charge < -0.3 is 9.64 Å². The van der Waals surface area contributed by atoms with Gasteiger partial charge in [-0.15, -0.1) is 0 Å². The van der Waals surface area contributed by atoms with Crippen LogP contribution in [0.2, 0.25) is 0 Å². The van der Waals surface area contributed by atoms with Crippen LogP contribution >= 0.6 is 0 Å². The van der Waals surface area contributed by atoms with E-state index in [0.29, 0.717) is 5.92 Å². The number of hydrogen-bond acceptors (Lipinski definition) is 2. The highest BCUT2D eigenvalue weighted by Gasteiger charge is 2.21. The summed E-state index contributed by atoms with van der Waals surface area (Å²) >= 11 is 0. The third kappa shape index (κ3) is 3.98. The van der Waals surface area contributed by atoms with Crippen molar-refractivity contribution >= 4 is 5.91 Å². The van der Waals surface area contributed by atoms with Gasteiger partial charge >= 0.3 is 0 Å². The highest BCUT2D eigenvalue weighted by Crippen LogP contribution is 2.22. The van der Waals surface area contributed by atoms with E-state index in [0.717, 1.165) is 38.1 Å². The van der Waals surface area contributed by atoms with Crippen LogP contribution in [0.25, 0.3) is 0 Å². The Kier molecular flexibility index (Phi) is 4.83. The molecule has 0 aromatic heterocycles. The minimum absolute atomic E-state index is 0.214. The average Bonchev–Trinajstić information content (AvgIpc) is 2.45. The lowest BCUT2D eigenvalue weighted by Crippen LogP contribution is -2.38. The minimum Gasteiger partial charge on any atom is -0.497 e. The molecule has 0 unspecified atom stereocenters. The number of amides is 1. The Balaban J connectivity index is 1.86. The number of methoxy groups -OCH3 is 1. The zero-order chi connectivity index (χ0) is 13.7. The second kappa shape index (κ2) is 6.60. The zero-order valence-corrected chi connectivity index (χ0v) is 11.9. The van der Waals surface area contributed by atoms with Gasteiger partial charge in [0.25, 0.3) is 0 Å². The minimum atomic E-state index is 0.214. The maximum Gasteiger partial charge on any atom is 0.219 e. The first-order chi connectivity index (χ1) is 9.19. The van der Waals surface area contributed by atoms with Gasteiger partial charge in [-0.05, 0) is 49.3 Å². The van der Waals surface area contributed by atoms with Crippen molar-refractivity contribution in [2.24, 2.45) is 5.92 Å². The van der Waals surface area contributed by atoms with Gasteiger partial charge in [0.05, 0.1) is 7.11 Å². The number of rotatable bonds is 4. The number of piperidine rings is 1. The molecule has 1 aliphatic rings. The molecule has 2 rings (SSSR count). The predicted octanol–water partition coefficient (Wildman–Crippen LogP) is 2.89. The summed E-state index contributed by atoms with van der Waals surface area (Å²) in [5.74, 6) is 1.78. The van der Waals surface area contributed by atoms with Crippen molar-refractivity contribution in [2.45, 2.75) is 32.6 Å². The molecular formula is C16H23NO2. The maximum atomic E-state index is 11.4. The molecule has 1 atom stereocenters. The fraction of sp³-hybridized carbons (Fsp3) is 0.562. The number of ether oxygens (including phenoxy) is 1. The van der Waals surface area contributed by atoms with Gasteiger partial charge in [-0.3, -0.25) is 4.79 Å². The number of carbonyl (C=O) groups excluding carboxylic acids is 1. The van der Waals surface area contributed by atoms with Crippen LogP contribution in [-0.4, -0.2) is 31.0 Å². The van der Waals surface area contributed by atoms with Crippen molar-refractivity contribution in [1.29, 1.82) is 0 Å². The van der Waals surface area contributed by atoms with Crippen LogP contribution in [-0.2, 0) is 11.2 Å². The Bertz CT molecular complexity index is 431. The molecule has 1 fully saturated rings. The molecule has 1 aliphatic heterocycles. The third-order valence-electron chi connectivity index (χ3n) is 3.94. The summed E-state index contributed by atoms with van der Waals surface area (Å²) in [4.78, 5) is 13.4. The number of carbonyl (C=O) groups is 1. The number of likely N-dealkylation sites (tertiary alicyclic amines) is 1. The fourth-order valence-corrected chi connectivity index (χ4v) is 2.79. The summed E-state index contributed by atoms with van der Waals surface area (Å²) in [5.41, 5.74) is 1.32. The topological polar surface area (TPSA) is 29.5 Å². The molecule has 19 heavy (non-hydrogen) atoms. The summed E-state index contributed by atoms with van der Waals surface area (Å²) in [6, 6.07) is 8.26. The first-order valence-electron chi connectivity index (χ1n) is 7.07. The van der Waals surface area contributed by atoms with Gasteiger partial charge in [-0.1, -0.05) is 12.1 Å². The lowest BCUT2D eigenvalue weighted by Gasteiger charge is -2.32. The van der Waals surface area contributed by atoms with Crippen LogP contribution in [0.5, 0.6) is 5.75 Å². The van der Waals surface area contributed by atoms with Crippen LogP contribution in [0.15, 0.2) is 24.3 Å². The second-order valence-electron chi connectivity index (χ2n) is 5.36. The lowest BCUT2D eigenvalue weighted by atomic mass is 9.91. The SMILES string of the molecule is COc1cccc(CC[C@H]2CCCN(C(C)=O)C2)c1. The molecule has 3 heteroatoms. The summed E-state index contributed by atoms with van der Waals surface area (Å²) in [7, 11) is 1.70. The van der Waals surface area contributed by atoms with Gasteiger partial charge in [0.15, 0.2) is 0 Å². The Morgan fingerprint density at radius 2 is 2.32 bits per heavy atom. The highest BCUT2D eigenvalue weighted by atomic mass is 16.5. The van der Waals surface area contributed by atoms with Crippen LogP contribution in [0.4, 0.5) is 0 Å². The molecule has 1 saturated heterocycles. The van der Waals surface area contributed by atoms with E-state index < -0.39 is 0 Å². The molecule has 0 saturated carbocycles. The molecule has 0 aliphatic carbocycles. The van der Waals surface area contributed by atoms with Crippen LogP contribution < -0.4 is 4.74 Å². The van der Waals surface area contributed by atoms with Gasteiger partial charge in [0, 0.05) is 20.0 Å². The predicted molar refractivity (Wildman–Crippen MR) is 76.3 cm³/mol. The quantitative estimate of drug-likeness (QED) is 0.834. The molecule has 104 valence electrons. The van der Waals surface area contributed by atoms with E-state index in [-0.39, 0.29) is 5.91 Å². The zero-order valence-electron chi connectivity index (χ0n) is 11.9. The van der Waals surface area contributed by atoms with E-state index in [1.54, 1.807) is 14.0 Å². The van der Waals surface area contributed by atoms with Crippen LogP contribution in [0.3, 0.4) is 0 Å².